The SMILES string of the molecule is CCC(CO)(CO)NC(=O)C[C@H]1C(=O)NCCN1Cc1ccccc1C. The number of nitrogens with zero attached hydrogens (tertiary/aromatic N) is 1. The molecule has 0 bridgehead atoms. The van der Waals surface area contributed by atoms with E-state index < -0.39 is 11.6 Å². The molecule has 0 aliphatic carbocycles. The number of hydrogen-bond donors (Lipinski definition) is 4. The van der Waals surface area contributed by atoms with E-state index in [1.54, 1.807) is 6.92 Å². The van der Waals surface area contributed by atoms with Gasteiger partial charge in [-0.05, 0) is 24.5 Å². The number of carbonyl (C=O) groups excluding carboxylic acids is 2. The molecule has 1 heterocycles. The predicted octanol–water partition coefficient (Wildman–Crippen LogP) is -0.0649. The standard InChI is InChI=1S/C19H29N3O4/c1-3-19(12-23,13-24)21-17(25)10-16-18(26)20-8-9-22(16)11-15-7-5-4-6-14(15)2/h4-7,16,23-24H,3,8-13H2,1-2H3,(H,20,26)(H,21,25)/t16-/m0/s1. The van der Waals surface area contributed by atoms with Gasteiger partial charge in [-0.3, -0.25) is 14.5 Å². The molecule has 144 valence electrons. The normalized spacial score (nSPS) is 18.5. The summed E-state index contributed by atoms with van der Waals surface area (Å²) in [5.74, 6) is -0.526. The second-order valence-corrected chi connectivity index (χ2v) is 6.91. The minimum Gasteiger partial charge on any atom is -0.394 e. The molecular weight excluding hydrogens is 334 g/mol. The van der Waals surface area contributed by atoms with Crippen molar-refractivity contribution in [1.82, 2.24) is 15.5 Å². The average molecular weight is 363 g/mol. The van der Waals surface area contributed by atoms with Crippen molar-refractivity contribution in [2.75, 3.05) is 26.3 Å². The number of aliphatic hydroxyl groups excluding tert-OH is 2. The van der Waals surface area contributed by atoms with E-state index in [0.717, 1.165) is 11.1 Å². The number of piperazine rings is 1. The van der Waals surface area contributed by atoms with E-state index in [4.69, 9.17) is 0 Å². The largest absolute Gasteiger partial charge is 0.394 e. The first kappa shape index (κ1) is 20.4. The molecule has 1 aliphatic rings. The molecule has 7 heteroatoms. The summed E-state index contributed by atoms with van der Waals surface area (Å²) in [7, 11) is 0. The molecule has 1 aromatic carbocycles. The number of hydrogen-bond acceptors (Lipinski definition) is 5. The summed E-state index contributed by atoms with van der Waals surface area (Å²) >= 11 is 0. The summed E-state index contributed by atoms with van der Waals surface area (Å²) in [5.41, 5.74) is 1.22. The van der Waals surface area contributed by atoms with Gasteiger partial charge in [0.1, 0.15) is 0 Å². The third kappa shape index (κ3) is 4.81. The highest BCUT2D eigenvalue weighted by atomic mass is 16.3. The van der Waals surface area contributed by atoms with Crippen molar-refractivity contribution in [3.8, 4) is 0 Å². The molecule has 2 rings (SSSR count). The van der Waals surface area contributed by atoms with Gasteiger partial charge in [0.2, 0.25) is 11.8 Å². The zero-order chi connectivity index (χ0) is 19.2. The van der Waals surface area contributed by atoms with Crippen LogP contribution < -0.4 is 10.6 Å². The van der Waals surface area contributed by atoms with E-state index in [1.165, 1.54) is 0 Å². The summed E-state index contributed by atoms with van der Waals surface area (Å²) in [6.07, 6.45) is 0.384. The van der Waals surface area contributed by atoms with Crippen LogP contribution in [0.2, 0.25) is 0 Å². The number of aryl methyl sites for hydroxylation is 1. The Balaban J connectivity index is 2.09. The lowest BCUT2D eigenvalue weighted by atomic mass is 9.97. The zero-order valence-corrected chi connectivity index (χ0v) is 15.5. The minimum absolute atomic E-state index is 0.0144. The van der Waals surface area contributed by atoms with Crippen molar-refractivity contribution in [3.63, 3.8) is 0 Å². The first-order chi connectivity index (χ1) is 12.4. The lowest BCUT2D eigenvalue weighted by Gasteiger charge is -2.36. The van der Waals surface area contributed by atoms with Crippen LogP contribution in [0.4, 0.5) is 0 Å². The van der Waals surface area contributed by atoms with Crippen LogP contribution in [0.1, 0.15) is 30.9 Å². The van der Waals surface area contributed by atoms with Gasteiger partial charge < -0.3 is 20.8 Å². The maximum atomic E-state index is 12.5. The second-order valence-electron chi connectivity index (χ2n) is 6.91. The Labute approximate surface area is 154 Å². The van der Waals surface area contributed by atoms with Gasteiger partial charge >= 0.3 is 0 Å². The van der Waals surface area contributed by atoms with Gasteiger partial charge in [0.15, 0.2) is 0 Å². The molecule has 0 spiro atoms. The second kappa shape index (κ2) is 9.12. The van der Waals surface area contributed by atoms with Crippen molar-refractivity contribution in [2.45, 2.75) is 44.8 Å². The van der Waals surface area contributed by atoms with Crippen molar-refractivity contribution < 1.29 is 19.8 Å². The highest BCUT2D eigenvalue weighted by Crippen LogP contribution is 2.17. The maximum absolute atomic E-state index is 12.5. The van der Waals surface area contributed by atoms with Gasteiger partial charge in [-0.1, -0.05) is 31.2 Å². The number of carbonyl (C=O) groups is 2. The third-order valence-corrected chi connectivity index (χ3v) is 5.14. The molecule has 0 saturated carbocycles. The van der Waals surface area contributed by atoms with Crippen LogP contribution in [0.3, 0.4) is 0 Å². The monoisotopic (exact) mass is 363 g/mol. The fourth-order valence-electron chi connectivity index (χ4n) is 3.14. The number of benzene rings is 1. The molecule has 1 saturated heterocycles. The quantitative estimate of drug-likeness (QED) is 0.518. The Morgan fingerprint density at radius 1 is 1.35 bits per heavy atom. The van der Waals surface area contributed by atoms with E-state index in [9.17, 15) is 19.8 Å². The van der Waals surface area contributed by atoms with Crippen molar-refractivity contribution in [1.29, 1.82) is 0 Å². The maximum Gasteiger partial charge on any atom is 0.237 e. The van der Waals surface area contributed by atoms with E-state index in [2.05, 4.69) is 10.6 Å². The Kier molecular flexibility index (Phi) is 7.14. The Bertz CT molecular complexity index is 623. The van der Waals surface area contributed by atoms with Crippen molar-refractivity contribution in [3.05, 3.63) is 35.4 Å². The highest BCUT2D eigenvalue weighted by Gasteiger charge is 2.34. The molecule has 1 fully saturated rings. The molecule has 0 aromatic heterocycles. The van der Waals surface area contributed by atoms with E-state index >= 15 is 0 Å². The summed E-state index contributed by atoms with van der Waals surface area (Å²) in [5, 5.41) is 24.5. The molecule has 0 unspecified atom stereocenters. The van der Waals surface area contributed by atoms with Gasteiger partial charge in [-0.25, -0.2) is 0 Å². The lowest BCUT2D eigenvalue weighted by molar-refractivity contribution is -0.135. The van der Waals surface area contributed by atoms with Crippen LogP contribution in [-0.4, -0.2) is 64.8 Å². The van der Waals surface area contributed by atoms with E-state index in [-0.39, 0.29) is 31.4 Å². The molecular formula is C19H29N3O4. The molecule has 2 amide bonds. The van der Waals surface area contributed by atoms with Crippen LogP contribution in [0.15, 0.2) is 24.3 Å². The average Bonchev–Trinajstić information content (AvgIpc) is 2.64. The summed E-state index contributed by atoms with van der Waals surface area (Å²) in [6, 6.07) is 7.42. The fourth-order valence-corrected chi connectivity index (χ4v) is 3.14. The van der Waals surface area contributed by atoms with Crippen molar-refractivity contribution >= 4 is 11.8 Å². The minimum atomic E-state index is -1.05. The van der Waals surface area contributed by atoms with Crippen LogP contribution in [0.5, 0.6) is 0 Å². The molecule has 7 nitrogen and oxygen atoms in total. The molecule has 0 radical (unpaired) electrons. The number of aliphatic hydroxyl groups is 2. The smallest absolute Gasteiger partial charge is 0.237 e. The van der Waals surface area contributed by atoms with Gasteiger partial charge in [0.05, 0.1) is 31.2 Å². The van der Waals surface area contributed by atoms with Crippen molar-refractivity contribution in [2.24, 2.45) is 0 Å². The fraction of sp³-hybridized carbons (Fsp3) is 0.579. The topological polar surface area (TPSA) is 102 Å². The number of amides is 2. The van der Waals surface area contributed by atoms with Gasteiger partial charge in [0.25, 0.3) is 0 Å². The van der Waals surface area contributed by atoms with Crippen LogP contribution >= 0.6 is 0 Å². The molecule has 1 aliphatic heterocycles. The van der Waals surface area contributed by atoms with E-state index in [1.807, 2.05) is 36.1 Å². The summed E-state index contributed by atoms with van der Waals surface area (Å²) in [4.78, 5) is 26.8. The Morgan fingerprint density at radius 2 is 2.04 bits per heavy atom. The van der Waals surface area contributed by atoms with Gasteiger partial charge in [-0.15, -0.1) is 0 Å². The first-order valence-electron chi connectivity index (χ1n) is 9.03. The highest BCUT2D eigenvalue weighted by molar-refractivity contribution is 5.89. The molecule has 4 N–H and O–H groups in total. The molecule has 1 atom stereocenters. The lowest BCUT2D eigenvalue weighted by Crippen LogP contribution is -2.59. The summed E-state index contributed by atoms with van der Waals surface area (Å²) < 4.78 is 0. The third-order valence-electron chi connectivity index (χ3n) is 5.14. The Morgan fingerprint density at radius 3 is 2.65 bits per heavy atom. The Hall–Kier alpha value is -1.96. The van der Waals surface area contributed by atoms with Gasteiger partial charge in [0, 0.05) is 19.6 Å². The number of nitrogens with one attached hydrogen (secondary N) is 2. The predicted molar refractivity (Wildman–Crippen MR) is 98.3 cm³/mol. The summed E-state index contributed by atoms with van der Waals surface area (Å²) in [6.45, 7) is 4.91. The zero-order valence-electron chi connectivity index (χ0n) is 15.5. The van der Waals surface area contributed by atoms with Crippen LogP contribution in [0.25, 0.3) is 0 Å². The molecule has 1 aromatic rings. The molecule has 26 heavy (non-hydrogen) atoms. The first-order valence-corrected chi connectivity index (χ1v) is 9.03. The number of rotatable bonds is 8. The van der Waals surface area contributed by atoms with Gasteiger partial charge in [-0.2, -0.15) is 0 Å². The van der Waals surface area contributed by atoms with Crippen LogP contribution in [0, 0.1) is 6.92 Å². The van der Waals surface area contributed by atoms with E-state index in [0.29, 0.717) is 26.1 Å². The van der Waals surface area contributed by atoms with Crippen LogP contribution in [-0.2, 0) is 16.1 Å².